The minimum Gasteiger partial charge on any atom is -0.396 e. The van der Waals surface area contributed by atoms with Gasteiger partial charge in [0.1, 0.15) is 0 Å². The highest BCUT2D eigenvalue weighted by atomic mass is 16.3. The summed E-state index contributed by atoms with van der Waals surface area (Å²) in [7, 11) is 4.42. The zero-order chi connectivity index (χ0) is 25.8. The average Bonchev–Trinajstić information content (AvgIpc) is 2.79. The van der Waals surface area contributed by atoms with Crippen molar-refractivity contribution < 1.29 is 14.4 Å². The van der Waals surface area contributed by atoms with Crippen LogP contribution in [0.1, 0.15) is 155 Å². The molecule has 206 valence electrons. The van der Waals surface area contributed by atoms with Crippen LogP contribution in [0.25, 0.3) is 0 Å². The first-order chi connectivity index (χ1) is 16.4. The number of nitrogens with two attached hydrogens (primary N) is 1. The number of carbonyl (C=O) groups is 1. The van der Waals surface area contributed by atoms with Crippen LogP contribution in [0.4, 0.5) is 0 Å². The fourth-order valence-electron chi connectivity index (χ4n) is 4.59. The Morgan fingerprint density at radius 2 is 0.912 bits per heavy atom. The van der Waals surface area contributed by atoms with Gasteiger partial charge in [0, 0.05) is 19.4 Å². The second-order valence-electron chi connectivity index (χ2n) is 11.0. The van der Waals surface area contributed by atoms with E-state index >= 15 is 0 Å². The Bertz CT molecular complexity index is 399. The van der Waals surface area contributed by atoms with E-state index in [9.17, 15) is 4.79 Å². The number of carbonyl (C=O) groups excluding carboxylic acids is 1. The van der Waals surface area contributed by atoms with Gasteiger partial charge in [-0.25, -0.2) is 0 Å². The molecule has 1 amide bonds. The van der Waals surface area contributed by atoms with E-state index in [1.54, 1.807) is 0 Å². The zero-order valence-electron chi connectivity index (χ0n) is 24.1. The van der Waals surface area contributed by atoms with Gasteiger partial charge >= 0.3 is 0 Å². The molecule has 0 bridgehead atoms. The summed E-state index contributed by atoms with van der Waals surface area (Å²) in [4.78, 5) is 10.6. The fourth-order valence-corrected chi connectivity index (χ4v) is 4.59. The summed E-state index contributed by atoms with van der Waals surface area (Å²) >= 11 is 0. The standard InChI is InChI=1S/C22H45NO.C8H20NO/c1-2-3-4-5-6-7-8-9-10-11-12-13-14-15-16-17-18-19-20-21-22(23)24;1-4-6-9(2,3)7-5-8-10/h2-21H2,1H3,(H2,23,24);10H,4-8H2,1-3H3/q;+1. The Labute approximate surface area is 215 Å². The molecule has 0 heterocycles. The molecule has 0 aliphatic carbocycles. The number of unbranched alkanes of at least 4 members (excludes halogenated alkanes) is 18. The van der Waals surface area contributed by atoms with Gasteiger partial charge in [-0.3, -0.25) is 4.79 Å². The molecule has 3 N–H and O–H groups in total. The van der Waals surface area contributed by atoms with Crippen LogP contribution in [0, 0.1) is 0 Å². The molecule has 0 unspecified atom stereocenters. The Balaban J connectivity index is 0. The van der Waals surface area contributed by atoms with Gasteiger partial charge in [0.25, 0.3) is 0 Å². The van der Waals surface area contributed by atoms with E-state index in [0.717, 1.165) is 23.9 Å². The SMILES string of the molecule is CCCCCCCCCCCCCCCCCCCCCC(N)=O.CCC[N+](C)(C)CCCO. The van der Waals surface area contributed by atoms with Crippen molar-refractivity contribution in [2.75, 3.05) is 33.8 Å². The van der Waals surface area contributed by atoms with E-state index in [2.05, 4.69) is 27.9 Å². The van der Waals surface area contributed by atoms with Crippen molar-refractivity contribution in [2.45, 2.75) is 155 Å². The Morgan fingerprint density at radius 1 is 0.559 bits per heavy atom. The van der Waals surface area contributed by atoms with Crippen LogP contribution < -0.4 is 5.73 Å². The minimum atomic E-state index is -0.151. The van der Waals surface area contributed by atoms with Crippen LogP contribution in [0.5, 0.6) is 0 Å². The smallest absolute Gasteiger partial charge is 0.217 e. The number of rotatable bonds is 25. The number of quaternary nitrogens is 1. The molecule has 0 radical (unpaired) electrons. The number of hydrogen-bond donors (Lipinski definition) is 2. The molecule has 4 heteroatoms. The van der Waals surface area contributed by atoms with Crippen LogP contribution in [0.2, 0.25) is 0 Å². The van der Waals surface area contributed by atoms with Crippen molar-refractivity contribution in [1.82, 2.24) is 0 Å². The van der Waals surface area contributed by atoms with Gasteiger partial charge < -0.3 is 15.3 Å². The lowest BCUT2D eigenvalue weighted by atomic mass is 10.0. The summed E-state index contributed by atoms with van der Waals surface area (Å²) < 4.78 is 1.04. The Hall–Kier alpha value is -0.610. The lowest BCUT2D eigenvalue weighted by Gasteiger charge is -2.28. The van der Waals surface area contributed by atoms with E-state index in [-0.39, 0.29) is 5.91 Å². The first kappa shape index (κ1) is 35.6. The van der Waals surface area contributed by atoms with E-state index in [1.807, 2.05) is 0 Å². The van der Waals surface area contributed by atoms with Crippen molar-refractivity contribution in [3.8, 4) is 0 Å². The number of hydrogen-bond acceptors (Lipinski definition) is 2. The maximum absolute atomic E-state index is 10.6. The molecule has 0 rings (SSSR count). The monoisotopic (exact) mass is 486 g/mol. The van der Waals surface area contributed by atoms with Crippen molar-refractivity contribution >= 4 is 5.91 Å². The molecule has 0 spiro atoms. The summed E-state index contributed by atoms with van der Waals surface area (Å²) in [6.45, 7) is 7.10. The van der Waals surface area contributed by atoms with Gasteiger partial charge in [-0.1, -0.05) is 129 Å². The predicted octanol–water partition coefficient (Wildman–Crippen LogP) is 8.15. The molecule has 4 nitrogen and oxygen atoms in total. The number of primary amides is 1. The van der Waals surface area contributed by atoms with Gasteiger partial charge in [0.15, 0.2) is 0 Å². The zero-order valence-corrected chi connectivity index (χ0v) is 24.1. The fraction of sp³-hybridized carbons (Fsp3) is 0.967. The molecule has 0 aromatic heterocycles. The molecule has 0 saturated heterocycles. The van der Waals surface area contributed by atoms with Gasteiger partial charge in [0.05, 0.1) is 27.2 Å². The van der Waals surface area contributed by atoms with E-state index in [1.165, 1.54) is 129 Å². The van der Waals surface area contributed by atoms with Gasteiger partial charge in [-0.05, 0) is 12.8 Å². The van der Waals surface area contributed by atoms with E-state index < -0.39 is 0 Å². The Kier molecular flexibility index (Phi) is 29.9. The van der Waals surface area contributed by atoms with Gasteiger partial charge in [-0.15, -0.1) is 0 Å². The Morgan fingerprint density at radius 3 is 1.21 bits per heavy atom. The van der Waals surface area contributed by atoms with Crippen LogP contribution in [0.15, 0.2) is 0 Å². The normalized spacial score (nSPS) is 11.3. The highest BCUT2D eigenvalue weighted by molar-refractivity contribution is 5.73. The largest absolute Gasteiger partial charge is 0.396 e. The van der Waals surface area contributed by atoms with Crippen molar-refractivity contribution in [3.05, 3.63) is 0 Å². The van der Waals surface area contributed by atoms with Crippen LogP contribution in [-0.4, -0.2) is 49.3 Å². The summed E-state index contributed by atoms with van der Waals surface area (Å²) in [5, 5.41) is 8.59. The second kappa shape index (κ2) is 28.6. The average molecular weight is 486 g/mol. The molecule has 0 saturated carbocycles. The van der Waals surface area contributed by atoms with Crippen molar-refractivity contribution in [3.63, 3.8) is 0 Å². The molecule has 34 heavy (non-hydrogen) atoms. The predicted molar refractivity (Wildman–Crippen MR) is 151 cm³/mol. The molecule has 0 aromatic carbocycles. The summed E-state index contributed by atoms with van der Waals surface area (Å²) in [5.41, 5.74) is 5.13. The van der Waals surface area contributed by atoms with Crippen molar-refractivity contribution in [1.29, 1.82) is 0 Å². The molecule has 0 aliphatic heterocycles. The highest BCUT2D eigenvalue weighted by Crippen LogP contribution is 2.14. The lowest BCUT2D eigenvalue weighted by Crippen LogP contribution is -2.41. The van der Waals surface area contributed by atoms with Crippen LogP contribution in [-0.2, 0) is 4.79 Å². The van der Waals surface area contributed by atoms with Crippen LogP contribution in [0.3, 0.4) is 0 Å². The van der Waals surface area contributed by atoms with E-state index in [0.29, 0.717) is 13.0 Å². The molecule has 0 atom stereocenters. The molecular formula is C30H65N2O2+. The number of nitrogens with zero attached hydrogens (tertiary/aromatic N) is 1. The summed E-state index contributed by atoms with van der Waals surface area (Å²) in [6, 6.07) is 0. The number of amides is 1. The topological polar surface area (TPSA) is 63.3 Å². The minimum absolute atomic E-state index is 0.151. The third-order valence-corrected chi connectivity index (χ3v) is 6.78. The van der Waals surface area contributed by atoms with E-state index in [4.69, 9.17) is 10.8 Å². The number of aliphatic hydroxyl groups is 1. The lowest BCUT2D eigenvalue weighted by molar-refractivity contribution is -0.890. The quantitative estimate of drug-likeness (QED) is 0.101. The third kappa shape index (κ3) is 33.6. The molecule has 0 aliphatic rings. The molecule has 0 aromatic rings. The maximum atomic E-state index is 10.6. The second-order valence-corrected chi connectivity index (χ2v) is 11.0. The van der Waals surface area contributed by atoms with Crippen LogP contribution >= 0.6 is 0 Å². The summed E-state index contributed by atoms with van der Waals surface area (Å²) in [6.07, 6.45) is 28.9. The number of aliphatic hydroxyl groups excluding tert-OH is 1. The van der Waals surface area contributed by atoms with Gasteiger partial charge in [-0.2, -0.15) is 0 Å². The molecule has 0 fully saturated rings. The highest BCUT2D eigenvalue weighted by Gasteiger charge is 2.11. The van der Waals surface area contributed by atoms with Gasteiger partial charge in [0.2, 0.25) is 5.91 Å². The molecular weight excluding hydrogens is 420 g/mol. The first-order valence-electron chi connectivity index (χ1n) is 15.1. The summed E-state index contributed by atoms with van der Waals surface area (Å²) in [5.74, 6) is -0.151. The third-order valence-electron chi connectivity index (χ3n) is 6.78. The van der Waals surface area contributed by atoms with Crippen molar-refractivity contribution in [2.24, 2.45) is 5.73 Å². The maximum Gasteiger partial charge on any atom is 0.217 e. The first-order valence-corrected chi connectivity index (χ1v) is 15.1.